The molecule has 5 rings (SSSR count). The van der Waals surface area contributed by atoms with Gasteiger partial charge in [0.1, 0.15) is 18.1 Å². The van der Waals surface area contributed by atoms with Crippen LogP contribution in [0.4, 0.5) is 11.4 Å². The van der Waals surface area contributed by atoms with Gasteiger partial charge in [-0.05, 0) is 65.2 Å². The highest BCUT2D eigenvalue weighted by Crippen LogP contribution is 2.35. The van der Waals surface area contributed by atoms with Crippen molar-refractivity contribution >= 4 is 40.9 Å². The van der Waals surface area contributed by atoms with E-state index in [9.17, 15) is 9.59 Å². The van der Waals surface area contributed by atoms with Crippen LogP contribution < -0.4 is 19.7 Å². The highest BCUT2D eigenvalue weighted by molar-refractivity contribution is 6.30. The molecule has 0 aliphatic carbocycles. The predicted molar refractivity (Wildman–Crippen MR) is 149 cm³/mol. The van der Waals surface area contributed by atoms with Gasteiger partial charge in [0.05, 0.1) is 12.2 Å². The van der Waals surface area contributed by atoms with Crippen LogP contribution in [0.3, 0.4) is 0 Å². The van der Waals surface area contributed by atoms with E-state index in [2.05, 4.69) is 5.32 Å². The van der Waals surface area contributed by atoms with Crippen molar-refractivity contribution in [2.45, 2.75) is 13.2 Å². The van der Waals surface area contributed by atoms with Crippen molar-refractivity contribution in [2.75, 3.05) is 16.8 Å². The summed E-state index contributed by atoms with van der Waals surface area (Å²) in [6.07, 6.45) is 3.20. The van der Waals surface area contributed by atoms with Crippen molar-refractivity contribution in [3.63, 3.8) is 0 Å². The van der Waals surface area contributed by atoms with E-state index in [1.165, 1.54) is 6.08 Å². The number of amides is 2. The fourth-order valence-corrected chi connectivity index (χ4v) is 4.12. The Balaban J connectivity index is 1.21. The third kappa shape index (κ3) is 6.41. The van der Waals surface area contributed by atoms with Crippen molar-refractivity contribution < 1.29 is 19.1 Å². The van der Waals surface area contributed by atoms with E-state index in [0.29, 0.717) is 35.3 Å². The SMILES string of the molecule is O=C(/C=C/c1ccc(OCc2ccccc2)cc1)Nc1ccc2c(c1)N(Cc1ccc(Cl)cc1)C(=O)CO2. The molecule has 0 spiro atoms. The van der Waals surface area contributed by atoms with Crippen LogP contribution in [0.25, 0.3) is 6.08 Å². The van der Waals surface area contributed by atoms with Gasteiger partial charge in [0.25, 0.3) is 5.91 Å². The van der Waals surface area contributed by atoms with Crippen LogP contribution >= 0.6 is 11.6 Å². The Hall–Kier alpha value is -4.55. The third-order valence-electron chi connectivity index (χ3n) is 5.98. The molecule has 1 N–H and O–H groups in total. The topological polar surface area (TPSA) is 67.9 Å². The van der Waals surface area contributed by atoms with Crippen LogP contribution in [0, 0.1) is 0 Å². The number of nitrogens with zero attached hydrogens (tertiary/aromatic N) is 1. The molecular weight excluding hydrogens is 500 g/mol. The molecule has 0 atom stereocenters. The van der Waals surface area contributed by atoms with Gasteiger partial charge in [0, 0.05) is 16.8 Å². The number of halogens is 1. The average Bonchev–Trinajstić information content (AvgIpc) is 2.94. The lowest BCUT2D eigenvalue weighted by molar-refractivity contribution is -0.121. The van der Waals surface area contributed by atoms with E-state index in [1.807, 2.05) is 66.7 Å². The zero-order valence-corrected chi connectivity index (χ0v) is 21.2. The summed E-state index contributed by atoms with van der Waals surface area (Å²) in [4.78, 5) is 26.9. The number of benzene rings is 4. The van der Waals surface area contributed by atoms with Crippen LogP contribution in [-0.4, -0.2) is 18.4 Å². The van der Waals surface area contributed by atoms with Crippen molar-refractivity contribution in [1.82, 2.24) is 0 Å². The number of fused-ring (bicyclic) bond motifs is 1. The second-order valence-electron chi connectivity index (χ2n) is 8.74. The highest BCUT2D eigenvalue weighted by atomic mass is 35.5. The molecule has 0 fully saturated rings. The van der Waals surface area contributed by atoms with E-state index in [4.69, 9.17) is 21.1 Å². The lowest BCUT2D eigenvalue weighted by Crippen LogP contribution is -2.38. The van der Waals surface area contributed by atoms with E-state index >= 15 is 0 Å². The lowest BCUT2D eigenvalue weighted by atomic mass is 10.1. The first-order valence-corrected chi connectivity index (χ1v) is 12.5. The van der Waals surface area contributed by atoms with Gasteiger partial charge in [-0.25, -0.2) is 0 Å². The van der Waals surface area contributed by atoms with Crippen LogP contribution in [0.15, 0.2) is 103 Å². The van der Waals surface area contributed by atoms with Crippen molar-refractivity contribution in [3.8, 4) is 11.5 Å². The normalized spacial score (nSPS) is 12.7. The Kier molecular flexibility index (Phi) is 7.71. The standard InChI is InChI=1S/C31H25ClN2O4/c32-25-11-6-23(7-12-25)19-34-28-18-26(13-16-29(28)38-21-31(34)36)33-30(35)17-10-22-8-14-27(15-9-22)37-20-24-4-2-1-3-5-24/h1-18H,19-21H2,(H,33,35)/b17-10+. The van der Waals surface area contributed by atoms with Gasteiger partial charge >= 0.3 is 0 Å². The predicted octanol–water partition coefficient (Wildman–Crippen LogP) is 6.50. The zero-order chi connectivity index (χ0) is 26.3. The Morgan fingerprint density at radius 2 is 1.71 bits per heavy atom. The largest absolute Gasteiger partial charge is 0.489 e. The summed E-state index contributed by atoms with van der Waals surface area (Å²) in [6.45, 7) is 0.826. The maximum absolute atomic E-state index is 12.6. The summed E-state index contributed by atoms with van der Waals surface area (Å²) in [5.41, 5.74) is 4.06. The summed E-state index contributed by atoms with van der Waals surface area (Å²) >= 11 is 5.99. The monoisotopic (exact) mass is 524 g/mol. The second-order valence-corrected chi connectivity index (χ2v) is 9.18. The van der Waals surface area contributed by atoms with Gasteiger partial charge in [-0.15, -0.1) is 0 Å². The number of nitrogens with one attached hydrogen (secondary N) is 1. The lowest BCUT2D eigenvalue weighted by Gasteiger charge is -2.30. The van der Waals surface area contributed by atoms with Gasteiger partial charge in [-0.2, -0.15) is 0 Å². The number of carbonyl (C=O) groups is 2. The maximum Gasteiger partial charge on any atom is 0.265 e. The molecule has 38 heavy (non-hydrogen) atoms. The van der Waals surface area contributed by atoms with Crippen LogP contribution in [-0.2, 0) is 22.7 Å². The van der Waals surface area contributed by atoms with Gasteiger partial charge in [0.2, 0.25) is 5.91 Å². The fourth-order valence-electron chi connectivity index (χ4n) is 4.00. The van der Waals surface area contributed by atoms with Crippen LogP contribution in [0.1, 0.15) is 16.7 Å². The van der Waals surface area contributed by atoms with Crippen molar-refractivity contribution in [1.29, 1.82) is 0 Å². The van der Waals surface area contributed by atoms with Crippen LogP contribution in [0.5, 0.6) is 11.5 Å². The minimum Gasteiger partial charge on any atom is -0.489 e. The first-order chi connectivity index (χ1) is 18.5. The Morgan fingerprint density at radius 1 is 0.947 bits per heavy atom. The minimum absolute atomic E-state index is 0.0366. The molecule has 0 saturated heterocycles. The van der Waals surface area contributed by atoms with Crippen LogP contribution in [0.2, 0.25) is 5.02 Å². The van der Waals surface area contributed by atoms with E-state index in [1.54, 1.807) is 41.3 Å². The molecule has 0 bridgehead atoms. The summed E-state index contributed by atoms with van der Waals surface area (Å²) in [7, 11) is 0. The molecule has 0 aromatic heterocycles. The second kappa shape index (κ2) is 11.7. The molecule has 4 aromatic rings. The fraction of sp³-hybridized carbons (Fsp3) is 0.0968. The zero-order valence-electron chi connectivity index (χ0n) is 20.5. The first kappa shape index (κ1) is 25.1. The van der Waals surface area contributed by atoms with Crippen molar-refractivity contribution in [3.05, 3.63) is 125 Å². The van der Waals surface area contributed by atoms with Gasteiger partial charge in [0.15, 0.2) is 6.61 Å². The third-order valence-corrected chi connectivity index (χ3v) is 6.23. The molecule has 0 radical (unpaired) electrons. The molecule has 6 nitrogen and oxygen atoms in total. The van der Waals surface area contributed by atoms with Crippen molar-refractivity contribution in [2.24, 2.45) is 0 Å². The molecular formula is C31H25ClN2O4. The van der Waals surface area contributed by atoms with E-state index in [-0.39, 0.29) is 18.4 Å². The number of hydrogen-bond acceptors (Lipinski definition) is 4. The number of anilines is 2. The maximum atomic E-state index is 12.6. The molecule has 1 aliphatic heterocycles. The van der Waals surface area contributed by atoms with Gasteiger partial charge in [-0.1, -0.05) is 66.2 Å². The van der Waals surface area contributed by atoms with E-state index in [0.717, 1.165) is 22.4 Å². The molecule has 1 heterocycles. The Labute approximate surface area is 226 Å². The molecule has 7 heteroatoms. The minimum atomic E-state index is -0.290. The Bertz CT molecular complexity index is 1450. The number of carbonyl (C=O) groups excluding carboxylic acids is 2. The summed E-state index contributed by atoms with van der Waals surface area (Å²) in [6, 6.07) is 30.1. The summed E-state index contributed by atoms with van der Waals surface area (Å²) < 4.78 is 11.4. The number of hydrogen-bond donors (Lipinski definition) is 1. The van der Waals surface area contributed by atoms with Gasteiger partial charge in [-0.3, -0.25) is 9.59 Å². The number of rotatable bonds is 8. The quantitative estimate of drug-likeness (QED) is 0.267. The first-order valence-electron chi connectivity index (χ1n) is 12.1. The number of ether oxygens (including phenoxy) is 2. The molecule has 0 unspecified atom stereocenters. The average molecular weight is 525 g/mol. The molecule has 0 saturated carbocycles. The molecule has 2 amide bonds. The smallest absolute Gasteiger partial charge is 0.265 e. The molecule has 190 valence electrons. The van der Waals surface area contributed by atoms with E-state index < -0.39 is 0 Å². The van der Waals surface area contributed by atoms with Gasteiger partial charge < -0.3 is 19.7 Å². The summed E-state index contributed by atoms with van der Waals surface area (Å²) in [5.74, 6) is 0.889. The Morgan fingerprint density at radius 3 is 2.47 bits per heavy atom. The molecule has 1 aliphatic rings. The highest BCUT2D eigenvalue weighted by Gasteiger charge is 2.26. The molecule has 4 aromatic carbocycles. The summed E-state index contributed by atoms with van der Waals surface area (Å²) in [5, 5.41) is 3.49.